The fourth-order valence-corrected chi connectivity index (χ4v) is 4.66. The van der Waals surface area contributed by atoms with E-state index in [1.54, 1.807) is 12.4 Å². The largest absolute Gasteiger partial charge is 0.453 e. The van der Waals surface area contributed by atoms with E-state index in [9.17, 15) is 0 Å². The summed E-state index contributed by atoms with van der Waals surface area (Å²) in [5.74, 6) is 0.539. The third kappa shape index (κ3) is 3.30. The molecule has 3 aliphatic rings. The molecule has 3 aliphatic heterocycles. The van der Waals surface area contributed by atoms with Crippen LogP contribution in [0.5, 0.6) is 11.5 Å². The molecular weight excluding hydrogens is 423 g/mol. The Balaban J connectivity index is 1.58. The fourth-order valence-electron chi connectivity index (χ4n) is 4.66. The Hall–Kier alpha value is -3.62. The van der Waals surface area contributed by atoms with Crippen LogP contribution in [-0.2, 0) is 15.0 Å². The van der Waals surface area contributed by atoms with Crippen LogP contribution in [0.2, 0.25) is 0 Å². The zero-order valence-electron chi connectivity index (χ0n) is 17.8. The van der Waals surface area contributed by atoms with Crippen LogP contribution in [0.4, 0.5) is 4.39 Å². The molecule has 7 nitrogen and oxygen atoms in total. The van der Waals surface area contributed by atoms with Crippen molar-refractivity contribution in [3.05, 3.63) is 77.6 Å². The number of hydrogen-bond donors (Lipinski definition) is 1. The van der Waals surface area contributed by atoms with Crippen LogP contribution < -0.4 is 10.5 Å². The van der Waals surface area contributed by atoms with Gasteiger partial charge in [-0.3, -0.25) is 4.99 Å². The lowest BCUT2D eigenvalue weighted by molar-refractivity contribution is 0.109. The highest BCUT2D eigenvalue weighted by atomic mass is 19.1. The van der Waals surface area contributed by atoms with E-state index in [1.165, 1.54) is 12.4 Å². The maximum Gasteiger partial charge on any atom is 0.169 e. The molecule has 2 aromatic carbocycles. The van der Waals surface area contributed by atoms with Crippen LogP contribution in [-0.4, -0.2) is 42.2 Å². The molecule has 0 amide bonds. The van der Waals surface area contributed by atoms with Gasteiger partial charge in [-0.05, 0) is 47.4 Å². The van der Waals surface area contributed by atoms with Crippen molar-refractivity contribution < 1.29 is 18.6 Å². The first kappa shape index (κ1) is 20.0. The maximum absolute atomic E-state index is 15.4. The normalized spacial score (nSPS) is 21.5. The number of benzene rings is 2. The van der Waals surface area contributed by atoms with Crippen LogP contribution in [0.1, 0.15) is 23.1 Å². The molecule has 1 atom stereocenters. The average molecular weight is 444 g/mol. The van der Waals surface area contributed by atoms with Gasteiger partial charge in [-0.15, -0.1) is 0 Å². The van der Waals surface area contributed by atoms with Gasteiger partial charge in [0.1, 0.15) is 30.1 Å². The highest BCUT2D eigenvalue weighted by Crippen LogP contribution is 2.52. The smallest absolute Gasteiger partial charge is 0.169 e. The van der Waals surface area contributed by atoms with E-state index < -0.39 is 11.4 Å². The Bertz CT molecular complexity index is 1310. The second-order valence-electron chi connectivity index (χ2n) is 8.30. The number of rotatable bonds is 2. The lowest BCUT2D eigenvalue weighted by Crippen LogP contribution is -2.42. The van der Waals surface area contributed by atoms with Crippen molar-refractivity contribution in [1.82, 2.24) is 9.97 Å². The number of halogens is 1. The van der Waals surface area contributed by atoms with Gasteiger partial charge in [0.25, 0.3) is 0 Å². The van der Waals surface area contributed by atoms with Crippen molar-refractivity contribution in [3.8, 4) is 22.6 Å². The number of nitrogens with zero attached hydrogens (tertiary/aromatic N) is 3. The topological polar surface area (TPSA) is 91.9 Å². The van der Waals surface area contributed by atoms with Gasteiger partial charge in [-0.1, -0.05) is 12.1 Å². The molecule has 2 N–H and O–H groups in total. The molecule has 0 aliphatic carbocycles. The molecule has 3 aromatic rings. The summed E-state index contributed by atoms with van der Waals surface area (Å²) in [5, 5.41) is 0. The van der Waals surface area contributed by atoms with Crippen molar-refractivity contribution in [3.63, 3.8) is 0 Å². The zero-order valence-corrected chi connectivity index (χ0v) is 17.8. The summed E-state index contributed by atoms with van der Waals surface area (Å²) < 4.78 is 33.0. The van der Waals surface area contributed by atoms with Gasteiger partial charge in [0.15, 0.2) is 11.6 Å². The first-order valence-electron chi connectivity index (χ1n) is 10.7. The predicted molar refractivity (Wildman–Crippen MR) is 121 cm³/mol. The minimum Gasteiger partial charge on any atom is -0.453 e. The van der Waals surface area contributed by atoms with E-state index in [0.29, 0.717) is 30.4 Å². The molecule has 0 fully saturated rings. The van der Waals surface area contributed by atoms with Crippen LogP contribution in [0.3, 0.4) is 0 Å². The molecule has 0 bridgehead atoms. The Morgan fingerprint density at radius 1 is 0.939 bits per heavy atom. The third-order valence-electron chi connectivity index (χ3n) is 6.20. The Kier molecular flexibility index (Phi) is 4.70. The van der Waals surface area contributed by atoms with Crippen LogP contribution in [0.15, 0.2) is 60.1 Å². The SMILES string of the molecule is NC1=N[C@@]2(COC1)c1cc(-c3cncnc3)ccc1Oc1c(F)cc(C3=CCCOC3)cc12. The summed E-state index contributed by atoms with van der Waals surface area (Å²) in [6.07, 6.45) is 7.83. The average Bonchev–Trinajstić information content (AvgIpc) is 2.86. The summed E-state index contributed by atoms with van der Waals surface area (Å²) in [6.45, 7) is 1.53. The van der Waals surface area contributed by atoms with Crippen molar-refractivity contribution in [2.75, 3.05) is 26.4 Å². The van der Waals surface area contributed by atoms with E-state index in [4.69, 9.17) is 24.9 Å². The molecule has 0 radical (unpaired) electrons. The van der Waals surface area contributed by atoms with Crippen LogP contribution in [0, 0.1) is 5.82 Å². The van der Waals surface area contributed by atoms with Gasteiger partial charge in [0, 0.05) is 29.1 Å². The lowest BCUT2D eigenvalue weighted by Gasteiger charge is -2.40. The number of fused-ring (bicyclic) bond motifs is 4. The van der Waals surface area contributed by atoms with Crippen molar-refractivity contribution in [2.45, 2.75) is 12.0 Å². The number of nitrogens with two attached hydrogens (primary N) is 1. The summed E-state index contributed by atoms with van der Waals surface area (Å²) in [4.78, 5) is 13.1. The molecule has 0 unspecified atom stereocenters. The second kappa shape index (κ2) is 7.75. The monoisotopic (exact) mass is 444 g/mol. The van der Waals surface area contributed by atoms with E-state index in [0.717, 1.165) is 34.2 Å². The van der Waals surface area contributed by atoms with Gasteiger partial charge in [-0.2, -0.15) is 0 Å². The standard InChI is InChI=1S/C25H21FN4O3/c26-21-8-17(16-2-1-5-31-11-16)7-20-24(21)33-22-4-3-15(18-9-28-14-29-10-18)6-19(22)25(20)13-32-12-23(27)30-25/h2-4,6-10,14H,1,5,11-13H2,(H2,27,30)/t25-/m0/s1. The summed E-state index contributed by atoms with van der Waals surface area (Å²) >= 11 is 0. The van der Waals surface area contributed by atoms with Gasteiger partial charge in [0.2, 0.25) is 0 Å². The molecule has 8 heteroatoms. The van der Waals surface area contributed by atoms with Crippen molar-refractivity contribution in [1.29, 1.82) is 0 Å². The Morgan fingerprint density at radius 2 is 1.79 bits per heavy atom. The molecule has 0 saturated heterocycles. The molecule has 33 heavy (non-hydrogen) atoms. The maximum atomic E-state index is 15.4. The number of aliphatic imine (C=N–C) groups is 1. The second-order valence-corrected chi connectivity index (χ2v) is 8.30. The summed E-state index contributed by atoms with van der Waals surface area (Å²) in [7, 11) is 0. The molecule has 0 saturated carbocycles. The molecule has 1 aromatic heterocycles. The molecule has 4 heterocycles. The molecule has 166 valence electrons. The first-order valence-corrected chi connectivity index (χ1v) is 10.7. The van der Waals surface area contributed by atoms with Gasteiger partial charge in [0.05, 0.1) is 19.8 Å². The van der Waals surface area contributed by atoms with Crippen LogP contribution >= 0.6 is 0 Å². The fraction of sp³-hybridized carbons (Fsp3) is 0.240. The highest BCUT2D eigenvalue weighted by molar-refractivity contribution is 5.84. The lowest BCUT2D eigenvalue weighted by atomic mass is 9.78. The number of aromatic nitrogens is 2. The number of ether oxygens (including phenoxy) is 3. The zero-order chi connectivity index (χ0) is 22.4. The molecular formula is C25H21FN4O3. The van der Waals surface area contributed by atoms with E-state index in [1.807, 2.05) is 24.3 Å². The van der Waals surface area contributed by atoms with E-state index in [-0.39, 0.29) is 19.0 Å². The minimum atomic E-state index is -1.04. The van der Waals surface area contributed by atoms with Crippen molar-refractivity contribution in [2.24, 2.45) is 10.7 Å². The Morgan fingerprint density at radius 3 is 2.58 bits per heavy atom. The first-order chi connectivity index (χ1) is 16.1. The summed E-state index contributed by atoms with van der Waals surface area (Å²) in [6, 6.07) is 9.09. The number of hydrogen-bond acceptors (Lipinski definition) is 7. The van der Waals surface area contributed by atoms with E-state index >= 15 is 4.39 Å². The van der Waals surface area contributed by atoms with Gasteiger partial charge >= 0.3 is 0 Å². The summed E-state index contributed by atoms with van der Waals surface area (Å²) in [5.41, 5.74) is 9.88. The van der Waals surface area contributed by atoms with Gasteiger partial charge in [-0.25, -0.2) is 14.4 Å². The molecule has 1 spiro atoms. The van der Waals surface area contributed by atoms with Crippen molar-refractivity contribution >= 4 is 11.4 Å². The van der Waals surface area contributed by atoms with Crippen LogP contribution in [0.25, 0.3) is 16.7 Å². The molecule has 6 rings (SSSR count). The predicted octanol–water partition coefficient (Wildman–Crippen LogP) is 3.82. The highest BCUT2D eigenvalue weighted by Gasteiger charge is 2.46. The minimum absolute atomic E-state index is 0.140. The quantitative estimate of drug-likeness (QED) is 0.646. The third-order valence-corrected chi connectivity index (χ3v) is 6.20. The number of amidine groups is 1. The van der Waals surface area contributed by atoms with E-state index in [2.05, 4.69) is 16.0 Å². The van der Waals surface area contributed by atoms with Gasteiger partial charge < -0.3 is 19.9 Å². The Labute approximate surface area is 189 Å².